The lowest BCUT2D eigenvalue weighted by atomic mass is 9.72. The maximum absolute atomic E-state index is 10.7. The van der Waals surface area contributed by atoms with Crippen molar-refractivity contribution in [3.63, 3.8) is 0 Å². The molecule has 0 amide bonds. The van der Waals surface area contributed by atoms with E-state index in [4.69, 9.17) is 32.7 Å². The Morgan fingerprint density at radius 1 is 0.892 bits per heavy atom. The summed E-state index contributed by atoms with van der Waals surface area (Å²) >= 11 is 12.2. The maximum atomic E-state index is 10.7. The van der Waals surface area contributed by atoms with E-state index in [0.29, 0.717) is 28.3 Å². The van der Waals surface area contributed by atoms with E-state index >= 15 is 0 Å². The van der Waals surface area contributed by atoms with Crippen LogP contribution in [0.15, 0.2) is 60.7 Å². The van der Waals surface area contributed by atoms with Crippen molar-refractivity contribution in [3.05, 3.63) is 76.3 Å². The van der Waals surface area contributed by atoms with Gasteiger partial charge < -0.3 is 24.8 Å². The van der Waals surface area contributed by atoms with Crippen LogP contribution < -0.4 is 20.1 Å². The zero-order valence-electron chi connectivity index (χ0n) is 21.1. The molecule has 3 N–H and O–H groups in total. The molecule has 6 nitrogen and oxygen atoms in total. The Labute approximate surface area is 228 Å². The van der Waals surface area contributed by atoms with Gasteiger partial charge in [0, 0.05) is 33.7 Å². The van der Waals surface area contributed by atoms with Gasteiger partial charge in [-0.2, -0.15) is 0 Å². The second-order valence-electron chi connectivity index (χ2n) is 10.1. The minimum absolute atomic E-state index is 0.104. The molecule has 196 valence electrons. The molecule has 0 saturated carbocycles. The largest absolute Gasteiger partial charge is 0.454 e. The summed E-state index contributed by atoms with van der Waals surface area (Å²) in [5, 5.41) is 18.1. The average molecular weight is 543 g/mol. The van der Waals surface area contributed by atoms with Crippen molar-refractivity contribution in [1.82, 2.24) is 10.2 Å². The number of aliphatic hydroxyl groups is 1. The Morgan fingerprint density at radius 3 is 2.22 bits per heavy atom. The van der Waals surface area contributed by atoms with E-state index in [1.807, 2.05) is 12.1 Å². The molecule has 0 spiro atoms. The number of nitrogens with one attached hydrogen (secondary N) is 2. The van der Waals surface area contributed by atoms with Gasteiger partial charge in [0.2, 0.25) is 6.79 Å². The molecular weight excluding hydrogens is 509 g/mol. The van der Waals surface area contributed by atoms with Gasteiger partial charge in [-0.1, -0.05) is 53.5 Å². The van der Waals surface area contributed by atoms with Crippen LogP contribution in [0.4, 0.5) is 5.69 Å². The molecule has 1 fully saturated rings. The lowest BCUT2D eigenvalue weighted by molar-refractivity contribution is 0.105. The number of hydrogen-bond acceptors (Lipinski definition) is 6. The third kappa shape index (κ3) is 6.00. The number of aliphatic hydroxyl groups excluding tert-OH is 1. The number of hydrogen-bond donors (Lipinski definition) is 3. The highest BCUT2D eigenvalue weighted by Crippen LogP contribution is 2.39. The maximum Gasteiger partial charge on any atom is 0.231 e. The molecule has 8 heteroatoms. The van der Waals surface area contributed by atoms with E-state index in [1.165, 1.54) is 5.56 Å². The molecule has 1 saturated heterocycles. The summed E-state index contributed by atoms with van der Waals surface area (Å²) in [6, 6.07) is 20.5. The summed E-state index contributed by atoms with van der Waals surface area (Å²) < 4.78 is 11.0. The smallest absolute Gasteiger partial charge is 0.231 e. The molecule has 0 aliphatic carbocycles. The summed E-state index contributed by atoms with van der Waals surface area (Å²) in [5.74, 6) is 1.57. The normalized spacial score (nSPS) is 17.7. The van der Waals surface area contributed by atoms with Crippen LogP contribution in [0.3, 0.4) is 0 Å². The number of nitrogens with zero attached hydrogens (tertiary/aromatic N) is 1. The van der Waals surface area contributed by atoms with Gasteiger partial charge in [0.25, 0.3) is 0 Å². The number of halogens is 2. The van der Waals surface area contributed by atoms with E-state index in [-0.39, 0.29) is 12.2 Å². The Balaban J connectivity index is 1.33. The van der Waals surface area contributed by atoms with Gasteiger partial charge in [-0.05, 0) is 86.8 Å². The van der Waals surface area contributed by atoms with Crippen LogP contribution in [0.2, 0.25) is 10.0 Å². The first-order chi connectivity index (χ1) is 17.8. The summed E-state index contributed by atoms with van der Waals surface area (Å²) in [7, 11) is 0. The summed E-state index contributed by atoms with van der Waals surface area (Å²) in [6.45, 7) is 7.41. The van der Waals surface area contributed by atoms with Crippen LogP contribution in [0.25, 0.3) is 11.1 Å². The number of ether oxygens (including phenoxy) is 2. The molecule has 1 atom stereocenters. The molecule has 3 aromatic rings. The molecule has 2 heterocycles. The third-order valence-electron chi connectivity index (χ3n) is 7.49. The quantitative estimate of drug-likeness (QED) is 0.299. The van der Waals surface area contributed by atoms with Crippen molar-refractivity contribution in [2.24, 2.45) is 0 Å². The SMILES string of the molecule is CC(C)N1CCC(CN[C@@H](O)Nc2cc(Cl)cc(Cl)c2)(c2ccc(-c3ccc4c(c3)OCO4)cc2)CC1. The predicted octanol–water partition coefficient (Wildman–Crippen LogP) is 6.11. The first-order valence-electron chi connectivity index (χ1n) is 12.7. The fourth-order valence-electron chi connectivity index (χ4n) is 5.27. The Morgan fingerprint density at radius 2 is 1.54 bits per heavy atom. The highest BCUT2D eigenvalue weighted by Gasteiger charge is 2.37. The van der Waals surface area contributed by atoms with E-state index in [1.54, 1.807) is 18.2 Å². The van der Waals surface area contributed by atoms with Crippen molar-refractivity contribution in [2.45, 2.75) is 44.5 Å². The zero-order chi connectivity index (χ0) is 26.0. The third-order valence-corrected chi connectivity index (χ3v) is 7.92. The minimum atomic E-state index is -0.942. The van der Waals surface area contributed by atoms with Crippen LogP contribution >= 0.6 is 23.2 Å². The molecule has 2 aliphatic rings. The lowest BCUT2D eigenvalue weighted by Gasteiger charge is -2.44. The van der Waals surface area contributed by atoms with Crippen molar-refractivity contribution in [3.8, 4) is 22.6 Å². The number of piperidine rings is 1. The number of likely N-dealkylation sites (tertiary alicyclic amines) is 1. The highest BCUT2D eigenvalue weighted by atomic mass is 35.5. The van der Waals surface area contributed by atoms with Crippen LogP contribution in [0.5, 0.6) is 11.5 Å². The van der Waals surface area contributed by atoms with Crippen molar-refractivity contribution >= 4 is 28.9 Å². The molecule has 0 bridgehead atoms. The van der Waals surface area contributed by atoms with E-state index in [0.717, 1.165) is 48.6 Å². The van der Waals surface area contributed by atoms with Crippen molar-refractivity contribution in [2.75, 3.05) is 31.7 Å². The first-order valence-corrected chi connectivity index (χ1v) is 13.5. The zero-order valence-corrected chi connectivity index (χ0v) is 22.6. The molecule has 0 aromatic heterocycles. The van der Waals surface area contributed by atoms with Gasteiger partial charge in [0.05, 0.1) is 0 Å². The van der Waals surface area contributed by atoms with Crippen LogP contribution in [-0.2, 0) is 5.41 Å². The lowest BCUT2D eigenvalue weighted by Crippen LogP contribution is -2.52. The van der Waals surface area contributed by atoms with E-state index < -0.39 is 6.35 Å². The molecule has 5 rings (SSSR count). The Hall–Kier alpha value is -2.48. The van der Waals surface area contributed by atoms with Crippen LogP contribution in [0.1, 0.15) is 32.3 Å². The second-order valence-corrected chi connectivity index (χ2v) is 11.0. The fourth-order valence-corrected chi connectivity index (χ4v) is 5.79. The molecule has 2 aliphatic heterocycles. The van der Waals surface area contributed by atoms with Gasteiger partial charge in [0.15, 0.2) is 17.9 Å². The van der Waals surface area contributed by atoms with Crippen LogP contribution in [-0.4, -0.2) is 48.8 Å². The number of benzene rings is 3. The van der Waals surface area contributed by atoms with E-state index in [2.05, 4.69) is 59.7 Å². The number of anilines is 1. The Bertz CT molecular complexity index is 1210. The van der Waals surface area contributed by atoms with Gasteiger partial charge >= 0.3 is 0 Å². The van der Waals surface area contributed by atoms with Crippen molar-refractivity contribution in [1.29, 1.82) is 0 Å². The van der Waals surface area contributed by atoms with Gasteiger partial charge in [-0.25, -0.2) is 0 Å². The van der Waals surface area contributed by atoms with Gasteiger partial charge in [-0.3, -0.25) is 5.32 Å². The molecule has 0 unspecified atom stereocenters. The fraction of sp³-hybridized carbons (Fsp3) is 0.379. The first kappa shape index (κ1) is 26.1. The number of rotatable bonds is 8. The van der Waals surface area contributed by atoms with Crippen molar-refractivity contribution < 1.29 is 14.6 Å². The standard InChI is InChI=1S/C29H33Cl2N3O3/c1-19(2)34-11-9-29(10-12-34,17-32-28(35)33-25-15-23(30)14-24(31)16-25)22-6-3-20(4-7-22)21-5-8-26-27(13-21)37-18-36-26/h3-8,13-16,19,28,32-33,35H,9-12,17-18H2,1-2H3/t28-/m1/s1. The molecule has 0 radical (unpaired) electrons. The van der Waals surface area contributed by atoms with E-state index in [9.17, 15) is 5.11 Å². The minimum Gasteiger partial charge on any atom is -0.454 e. The van der Waals surface area contributed by atoms with Gasteiger partial charge in [-0.15, -0.1) is 0 Å². The molecule has 37 heavy (non-hydrogen) atoms. The molecular formula is C29H33Cl2N3O3. The topological polar surface area (TPSA) is 66.0 Å². The van der Waals surface area contributed by atoms with Gasteiger partial charge in [0.1, 0.15) is 0 Å². The monoisotopic (exact) mass is 541 g/mol. The highest BCUT2D eigenvalue weighted by molar-refractivity contribution is 6.35. The van der Waals surface area contributed by atoms with Crippen LogP contribution in [0, 0.1) is 0 Å². The summed E-state index contributed by atoms with van der Waals surface area (Å²) in [4.78, 5) is 2.52. The summed E-state index contributed by atoms with van der Waals surface area (Å²) in [6.07, 6.45) is 1.05. The average Bonchev–Trinajstić information content (AvgIpc) is 3.35. The second kappa shape index (κ2) is 11.1. The number of fused-ring (bicyclic) bond motifs is 1. The Kier molecular flexibility index (Phi) is 7.84. The predicted molar refractivity (Wildman–Crippen MR) is 150 cm³/mol. The molecule has 3 aromatic carbocycles. The summed E-state index contributed by atoms with van der Waals surface area (Å²) in [5.41, 5.74) is 4.05.